The second-order valence-electron chi connectivity index (χ2n) is 7.70. The average molecular weight is 274 g/mol. The van der Waals surface area contributed by atoms with Gasteiger partial charge in [0.2, 0.25) is 0 Å². The van der Waals surface area contributed by atoms with Crippen molar-refractivity contribution in [3.8, 4) is 0 Å². The smallest absolute Gasteiger partial charge is 0.0651 e. The van der Waals surface area contributed by atoms with Crippen LogP contribution in [0.2, 0.25) is 0 Å². The van der Waals surface area contributed by atoms with Crippen LogP contribution in [0.25, 0.3) is 0 Å². The second-order valence-corrected chi connectivity index (χ2v) is 7.70. The summed E-state index contributed by atoms with van der Waals surface area (Å²) in [7, 11) is 0. The lowest BCUT2D eigenvalue weighted by Gasteiger charge is -2.31. The lowest BCUT2D eigenvalue weighted by Crippen LogP contribution is -2.29. The van der Waals surface area contributed by atoms with Crippen LogP contribution < -0.4 is 0 Å². The first-order valence-corrected chi connectivity index (χ1v) is 8.15. The molecule has 0 radical (unpaired) electrons. The van der Waals surface area contributed by atoms with E-state index in [9.17, 15) is 5.11 Å². The van der Waals surface area contributed by atoms with Crippen molar-refractivity contribution in [2.45, 2.75) is 71.3 Å². The molecular weight excluding hydrogens is 244 g/mol. The predicted molar refractivity (Wildman–Crippen MR) is 85.7 cm³/mol. The van der Waals surface area contributed by atoms with Crippen LogP contribution in [0.15, 0.2) is 30.3 Å². The van der Waals surface area contributed by atoms with Gasteiger partial charge in [-0.15, -0.1) is 0 Å². The van der Waals surface area contributed by atoms with E-state index >= 15 is 0 Å². The van der Waals surface area contributed by atoms with Crippen molar-refractivity contribution in [3.63, 3.8) is 0 Å². The summed E-state index contributed by atoms with van der Waals surface area (Å²) in [6, 6.07) is 10.6. The number of benzene rings is 1. The summed E-state index contributed by atoms with van der Waals surface area (Å²) in [6.07, 6.45) is 7.48. The van der Waals surface area contributed by atoms with Crippen LogP contribution >= 0.6 is 0 Å². The molecular formula is C19H30O. The fraction of sp³-hybridized carbons (Fsp3) is 0.684. The fourth-order valence-electron chi connectivity index (χ4n) is 3.53. The maximum Gasteiger partial charge on any atom is 0.0651 e. The number of aliphatic hydroxyl groups is 1. The van der Waals surface area contributed by atoms with E-state index in [2.05, 4.69) is 51.1 Å². The van der Waals surface area contributed by atoms with E-state index < -0.39 is 5.60 Å². The van der Waals surface area contributed by atoms with E-state index in [4.69, 9.17) is 0 Å². The summed E-state index contributed by atoms with van der Waals surface area (Å²) in [5, 5.41) is 10.9. The first-order chi connectivity index (χ1) is 9.39. The van der Waals surface area contributed by atoms with Gasteiger partial charge in [0.25, 0.3) is 0 Å². The maximum absolute atomic E-state index is 10.9. The van der Waals surface area contributed by atoms with Crippen LogP contribution in [-0.2, 0) is 6.42 Å². The average Bonchev–Trinajstić information content (AvgIpc) is 2.60. The summed E-state index contributed by atoms with van der Waals surface area (Å²) >= 11 is 0. The molecule has 0 saturated heterocycles. The highest BCUT2D eigenvalue weighted by atomic mass is 16.3. The normalized spacial score (nSPS) is 28.1. The highest BCUT2D eigenvalue weighted by Crippen LogP contribution is 2.40. The summed E-state index contributed by atoms with van der Waals surface area (Å²) in [4.78, 5) is 0. The van der Waals surface area contributed by atoms with E-state index in [0.717, 1.165) is 31.6 Å². The van der Waals surface area contributed by atoms with E-state index in [1.165, 1.54) is 24.8 Å². The van der Waals surface area contributed by atoms with Crippen LogP contribution in [0.3, 0.4) is 0 Å². The van der Waals surface area contributed by atoms with E-state index in [-0.39, 0.29) is 0 Å². The van der Waals surface area contributed by atoms with Gasteiger partial charge in [0.1, 0.15) is 0 Å². The molecule has 1 saturated carbocycles. The van der Waals surface area contributed by atoms with Gasteiger partial charge in [0.05, 0.1) is 5.60 Å². The monoisotopic (exact) mass is 274 g/mol. The summed E-state index contributed by atoms with van der Waals surface area (Å²) < 4.78 is 0. The summed E-state index contributed by atoms with van der Waals surface area (Å²) in [6.45, 7) is 7.02. The topological polar surface area (TPSA) is 20.2 Å². The van der Waals surface area contributed by atoms with Crippen molar-refractivity contribution in [2.24, 2.45) is 11.3 Å². The standard InChI is InChI=1S/C19H30O/c1-18(2,3)17-10-7-13-19(20,15-12-17)14-11-16-8-5-4-6-9-16/h4-6,8-9,17,20H,7,10-15H2,1-3H3. The zero-order valence-electron chi connectivity index (χ0n) is 13.4. The van der Waals surface area contributed by atoms with Gasteiger partial charge in [-0.2, -0.15) is 0 Å². The number of hydrogen-bond acceptors (Lipinski definition) is 1. The first kappa shape index (κ1) is 15.6. The van der Waals surface area contributed by atoms with Crippen molar-refractivity contribution in [3.05, 3.63) is 35.9 Å². The lowest BCUT2D eigenvalue weighted by molar-refractivity contribution is 0.0142. The molecule has 1 nitrogen and oxygen atoms in total. The highest BCUT2D eigenvalue weighted by molar-refractivity contribution is 5.15. The Balaban J connectivity index is 1.91. The molecule has 1 fully saturated rings. The SMILES string of the molecule is CC(C)(C)C1CCCC(O)(CCc2ccccc2)CC1. The Kier molecular flexibility index (Phi) is 4.90. The van der Waals surface area contributed by atoms with Crippen LogP contribution in [0, 0.1) is 11.3 Å². The third-order valence-electron chi connectivity index (χ3n) is 5.10. The predicted octanol–water partition coefficient (Wildman–Crippen LogP) is 4.98. The van der Waals surface area contributed by atoms with Gasteiger partial charge in [-0.05, 0) is 55.4 Å². The minimum absolute atomic E-state index is 0.380. The number of rotatable bonds is 3. The van der Waals surface area contributed by atoms with Crippen LogP contribution in [0.4, 0.5) is 0 Å². The molecule has 1 N–H and O–H groups in total. The molecule has 0 bridgehead atoms. The zero-order valence-corrected chi connectivity index (χ0v) is 13.4. The van der Waals surface area contributed by atoms with Gasteiger partial charge in [-0.1, -0.05) is 57.5 Å². The Morgan fingerprint density at radius 1 is 1.10 bits per heavy atom. The molecule has 0 heterocycles. The van der Waals surface area contributed by atoms with Crippen molar-refractivity contribution in [1.82, 2.24) is 0 Å². The molecule has 2 unspecified atom stereocenters. The van der Waals surface area contributed by atoms with Gasteiger partial charge in [0.15, 0.2) is 0 Å². The van der Waals surface area contributed by atoms with Crippen molar-refractivity contribution in [1.29, 1.82) is 0 Å². The molecule has 1 aliphatic rings. The molecule has 2 rings (SSSR count). The Labute approximate surface area is 124 Å². The van der Waals surface area contributed by atoms with Gasteiger partial charge < -0.3 is 5.11 Å². The Bertz CT molecular complexity index is 404. The molecule has 0 aliphatic heterocycles. The third-order valence-corrected chi connectivity index (χ3v) is 5.10. The molecule has 0 aromatic heterocycles. The molecule has 0 amide bonds. The van der Waals surface area contributed by atoms with Crippen LogP contribution in [0.1, 0.15) is 64.9 Å². The maximum atomic E-state index is 10.9. The quantitative estimate of drug-likeness (QED) is 0.771. The van der Waals surface area contributed by atoms with E-state index in [1.54, 1.807) is 0 Å². The minimum atomic E-state index is -0.435. The van der Waals surface area contributed by atoms with Crippen LogP contribution in [-0.4, -0.2) is 10.7 Å². The van der Waals surface area contributed by atoms with Crippen molar-refractivity contribution >= 4 is 0 Å². The highest BCUT2D eigenvalue weighted by Gasteiger charge is 2.34. The van der Waals surface area contributed by atoms with E-state index in [0.29, 0.717) is 5.41 Å². The molecule has 0 spiro atoms. The third kappa shape index (κ3) is 4.34. The summed E-state index contributed by atoms with van der Waals surface area (Å²) in [5.74, 6) is 0.758. The second kappa shape index (κ2) is 6.30. The van der Waals surface area contributed by atoms with Gasteiger partial charge in [-0.25, -0.2) is 0 Å². The Hall–Kier alpha value is -0.820. The van der Waals surface area contributed by atoms with Crippen LogP contribution in [0.5, 0.6) is 0 Å². The van der Waals surface area contributed by atoms with Crippen molar-refractivity contribution < 1.29 is 5.11 Å². The Morgan fingerprint density at radius 3 is 2.45 bits per heavy atom. The fourth-order valence-corrected chi connectivity index (χ4v) is 3.53. The van der Waals surface area contributed by atoms with Gasteiger partial charge >= 0.3 is 0 Å². The van der Waals surface area contributed by atoms with E-state index in [1.807, 2.05) is 0 Å². The number of aryl methyl sites for hydroxylation is 1. The molecule has 1 aliphatic carbocycles. The number of hydrogen-bond donors (Lipinski definition) is 1. The molecule has 112 valence electrons. The van der Waals surface area contributed by atoms with Gasteiger partial charge in [-0.3, -0.25) is 0 Å². The summed E-state index contributed by atoms with van der Waals surface area (Å²) in [5.41, 5.74) is 1.29. The lowest BCUT2D eigenvalue weighted by atomic mass is 9.76. The molecule has 1 aromatic rings. The largest absolute Gasteiger partial charge is 0.390 e. The minimum Gasteiger partial charge on any atom is -0.390 e. The Morgan fingerprint density at radius 2 is 1.80 bits per heavy atom. The van der Waals surface area contributed by atoms with Gasteiger partial charge in [0, 0.05) is 0 Å². The first-order valence-electron chi connectivity index (χ1n) is 8.15. The molecule has 2 atom stereocenters. The molecule has 1 aromatic carbocycles. The zero-order chi connectivity index (χ0) is 14.6. The van der Waals surface area contributed by atoms with Crippen molar-refractivity contribution in [2.75, 3.05) is 0 Å². The molecule has 1 heteroatoms. The molecule has 20 heavy (non-hydrogen) atoms.